The molecule has 3 N–H and O–H groups in total. The number of piperidine rings is 1. The van der Waals surface area contributed by atoms with Crippen molar-refractivity contribution in [1.82, 2.24) is 25.7 Å². The van der Waals surface area contributed by atoms with Gasteiger partial charge in [-0.15, -0.1) is 4.28 Å². The highest BCUT2D eigenvalue weighted by Gasteiger charge is 2.43. The summed E-state index contributed by atoms with van der Waals surface area (Å²) in [5, 5.41) is 4.14. The van der Waals surface area contributed by atoms with Crippen molar-refractivity contribution in [3.63, 3.8) is 0 Å². The molecule has 4 aliphatic heterocycles. The van der Waals surface area contributed by atoms with Crippen LogP contribution in [-0.2, 0) is 29.1 Å². The van der Waals surface area contributed by atoms with Crippen LogP contribution < -0.4 is 10.8 Å². The van der Waals surface area contributed by atoms with Crippen molar-refractivity contribution in [3.8, 4) is 0 Å². The van der Waals surface area contributed by atoms with Gasteiger partial charge < -0.3 is 15.0 Å². The number of ether oxygens (including phenoxy) is 1. The average molecular weight is 452 g/mol. The molecule has 0 aliphatic carbocycles. The summed E-state index contributed by atoms with van der Waals surface area (Å²) in [5.41, 5.74) is 2.22. The van der Waals surface area contributed by atoms with E-state index in [-0.39, 0.29) is 6.04 Å². The first-order valence-electron chi connectivity index (χ1n) is 9.98. The highest BCUT2D eigenvalue weighted by Crippen LogP contribution is 2.26. The van der Waals surface area contributed by atoms with Crippen LogP contribution in [0.15, 0.2) is 0 Å². The Balaban J connectivity index is 0.000000172. The zero-order valence-corrected chi connectivity index (χ0v) is 17.5. The van der Waals surface area contributed by atoms with Gasteiger partial charge in [0.2, 0.25) is 6.41 Å². The third kappa shape index (κ3) is 6.47. The fourth-order valence-corrected chi connectivity index (χ4v) is 4.53. The van der Waals surface area contributed by atoms with Gasteiger partial charge in [-0.3, -0.25) is 19.1 Å². The monoisotopic (exact) mass is 451 g/mol. The smallest absolute Gasteiger partial charge is 0.379 e. The van der Waals surface area contributed by atoms with E-state index in [1.54, 1.807) is 0 Å². The number of hydrogen-bond acceptors (Lipinski definition) is 9. The highest BCUT2D eigenvalue weighted by molar-refractivity contribution is 7.80. The average Bonchev–Trinajstić information content (AvgIpc) is 3.28. The van der Waals surface area contributed by atoms with E-state index in [4.69, 9.17) is 14.1 Å². The third-order valence-corrected chi connectivity index (χ3v) is 5.89. The first kappa shape index (κ1) is 23.1. The third-order valence-electron chi connectivity index (χ3n) is 5.54. The zero-order valence-electron chi connectivity index (χ0n) is 16.6. The summed E-state index contributed by atoms with van der Waals surface area (Å²) in [6.45, 7) is 6.32. The molecule has 0 aromatic carbocycles. The predicted octanol–water partition coefficient (Wildman–Crippen LogP) is -1.65. The largest absolute Gasteiger partial charge is 0.418 e. The molecule has 4 fully saturated rings. The minimum Gasteiger partial charge on any atom is -0.379 e. The fraction of sp³-hybridized carbons (Fsp3) is 0.875. The minimum atomic E-state index is -4.60. The maximum Gasteiger partial charge on any atom is 0.418 e. The van der Waals surface area contributed by atoms with E-state index in [2.05, 4.69) is 20.0 Å². The Kier molecular flexibility index (Phi) is 8.21. The summed E-state index contributed by atoms with van der Waals surface area (Å²) in [7, 11) is -4.60. The normalized spacial score (nSPS) is 29.5. The van der Waals surface area contributed by atoms with Crippen LogP contribution in [0.25, 0.3) is 0 Å². The number of morpholine rings is 1. The molecule has 0 aromatic rings. The van der Waals surface area contributed by atoms with Crippen LogP contribution in [0.2, 0.25) is 0 Å². The number of hydroxylamine groups is 3. The summed E-state index contributed by atoms with van der Waals surface area (Å²) in [4.78, 5) is 30.4. The van der Waals surface area contributed by atoms with E-state index in [0.717, 1.165) is 50.8 Å². The molecule has 4 rings (SSSR count). The van der Waals surface area contributed by atoms with Crippen LogP contribution in [0.4, 0.5) is 4.79 Å². The quantitative estimate of drug-likeness (QED) is 0.178. The van der Waals surface area contributed by atoms with Gasteiger partial charge in [-0.25, -0.2) is 10.3 Å². The predicted molar refractivity (Wildman–Crippen MR) is 102 cm³/mol. The molecular formula is C16H29N5O8S. The maximum atomic E-state index is 11.4. The number of urea groups is 1. The number of hydrogen-bond donors (Lipinski definition) is 3. The van der Waals surface area contributed by atoms with Gasteiger partial charge in [0, 0.05) is 44.8 Å². The molecule has 2 bridgehead atoms. The molecule has 0 aromatic heterocycles. The maximum absolute atomic E-state index is 11.4. The van der Waals surface area contributed by atoms with E-state index >= 15 is 0 Å². The lowest BCUT2D eigenvalue weighted by atomic mass is 10.1. The molecule has 4 aliphatic rings. The molecule has 0 radical (unpaired) electrons. The SMILES string of the molecule is O=C1N2CCCC(C2)N1OS(=O)(=O)O.O=CNOCC1CC(N2CCOCC2)CN1. The second kappa shape index (κ2) is 10.7. The van der Waals surface area contributed by atoms with Gasteiger partial charge in [-0.2, -0.15) is 13.5 Å². The molecule has 0 saturated carbocycles. The molecule has 3 atom stereocenters. The lowest BCUT2D eigenvalue weighted by Crippen LogP contribution is -2.44. The highest BCUT2D eigenvalue weighted by atomic mass is 32.3. The Bertz CT molecular complexity index is 689. The molecule has 30 heavy (non-hydrogen) atoms. The van der Waals surface area contributed by atoms with Crippen LogP contribution in [0.3, 0.4) is 0 Å². The van der Waals surface area contributed by atoms with E-state index in [1.165, 1.54) is 4.90 Å². The molecule has 4 saturated heterocycles. The molecule has 0 spiro atoms. The van der Waals surface area contributed by atoms with Crippen LogP contribution in [0.1, 0.15) is 19.3 Å². The summed E-state index contributed by atoms with van der Waals surface area (Å²) in [6.07, 6.45) is 3.13. The second-order valence-electron chi connectivity index (χ2n) is 7.54. The Morgan fingerprint density at radius 2 is 2.03 bits per heavy atom. The molecule has 172 valence electrons. The van der Waals surface area contributed by atoms with Crippen molar-refractivity contribution in [2.45, 2.75) is 37.4 Å². The Labute approximate surface area is 175 Å². The van der Waals surface area contributed by atoms with Gasteiger partial charge in [0.15, 0.2) is 0 Å². The summed E-state index contributed by atoms with van der Waals surface area (Å²) >= 11 is 0. The molecular weight excluding hydrogens is 422 g/mol. The van der Waals surface area contributed by atoms with Gasteiger partial charge in [0.1, 0.15) is 0 Å². The van der Waals surface area contributed by atoms with Crippen LogP contribution >= 0.6 is 0 Å². The topological polar surface area (TPSA) is 150 Å². The van der Waals surface area contributed by atoms with E-state index in [1.807, 2.05) is 0 Å². The molecule has 3 unspecified atom stereocenters. The Morgan fingerprint density at radius 3 is 2.70 bits per heavy atom. The van der Waals surface area contributed by atoms with Crippen molar-refractivity contribution in [3.05, 3.63) is 0 Å². The van der Waals surface area contributed by atoms with Crippen molar-refractivity contribution >= 4 is 22.8 Å². The van der Waals surface area contributed by atoms with Gasteiger partial charge in [0.05, 0.1) is 25.9 Å². The Morgan fingerprint density at radius 1 is 1.27 bits per heavy atom. The number of rotatable bonds is 7. The first-order chi connectivity index (χ1) is 14.4. The zero-order chi connectivity index (χ0) is 21.6. The standard InChI is InChI=1S/C10H19N3O3.C6H10N2O5S/c14-8-12-16-7-9-5-10(6-11-9)13-1-3-15-4-2-13;9-6-7-3-1-2-5(4-7)8(6)13-14(10,11)12/h8-11H,1-7H2,(H,12,14);5H,1-4H2,(H,10,11,12). The van der Waals surface area contributed by atoms with Crippen LogP contribution in [0.5, 0.6) is 0 Å². The van der Waals surface area contributed by atoms with E-state index in [0.29, 0.717) is 44.6 Å². The minimum absolute atomic E-state index is 0.266. The number of carbonyl (C=O) groups excluding carboxylic acids is 2. The molecule has 3 amide bonds. The van der Waals surface area contributed by atoms with Crippen molar-refractivity contribution in [2.75, 3.05) is 52.5 Å². The number of nitrogens with zero attached hydrogens (tertiary/aromatic N) is 3. The van der Waals surface area contributed by atoms with Crippen molar-refractivity contribution in [2.24, 2.45) is 0 Å². The molecule has 14 heteroatoms. The molecule has 13 nitrogen and oxygen atoms in total. The van der Waals surface area contributed by atoms with E-state index < -0.39 is 16.4 Å². The Hall–Kier alpha value is -1.55. The van der Waals surface area contributed by atoms with Crippen molar-refractivity contribution in [1.29, 1.82) is 0 Å². The number of nitrogens with one attached hydrogen (secondary N) is 2. The van der Waals surface area contributed by atoms with Gasteiger partial charge in [0.25, 0.3) is 0 Å². The second-order valence-corrected chi connectivity index (χ2v) is 8.55. The summed E-state index contributed by atoms with van der Waals surface area (Å²) < 4.78 is 38.9. The number of fused-ring (bicyclic) bond motifs is 2. The van der Waals surface area contributed by atoms with E-state index in [9.17, 15) is 18.0 Å². The fourth-order valence-electron chi connectivity index (χ4n) is 4.14. The first-order valence-corrected chi connectivity index (χ1v) is 11.3. The van der Waals surface area contributed by atoms with Gasteiger partial charge >= 0.3 is 16.4 Å². The summed E-state index contributed by atoms with van der Waals surface area (Å²) in [5.74, 6) is 0. The van der Waals surface area contributed by atoms with Gasteiger partial charge in [-0.05, 0) is 19.3 Å². The lowest BCUT2D eigenvalue weighted by molar-refractivity contribution is -0.121. The lowest BCUT2D eigenvalue weighted by Gasteiger charge is -2.31. The van der Waals surface area contributed by atoms with Crippen LogP contribution in [0, 0.1) is 0 Å². The van der Waals surface area contributed by atoms with Gasteiger partial charge in [-0.1, -0.05) is 0 Å². The summed E-state index contributed by atoms with van der Waals surface area (Å²) in [6, 6.07) is 0.150. The molecule has 4 heterocycles. The number of amides is 3. The number of carbonyl (C=O) groups is 2. The van der Waals surface area contributed by atoms with Crippen LogP contribution in [-0.4, -0.2) is 111 Å². The van der Waals surface area contributed by atoms with Crippen molar-refractivity contribution < 1.29 is 36.4 Å².